The van der Waals surface area contributed by atoms with Crippen LogP contribution in [0.4, 0.5) is 0 Å². The molecule has 0 amide bonds. The number of rotatable bonds is 5. The Bertz CT molecular complexity index is 704. The summed E-state index contributed by atoms with van der Waals surface area (Å²) in [5, 5.41) is 0. The molecule has 0 heterocycles. The quantitative estimate of drug-likeness (QED) is 0.796. The van der Waals surface area contributed by atoms with Crippen LogP contribution in [0.5, 0.6) is 0 Å². The summed E-state index contributed by atoms with van der Waals surface area (Å²) in [6.07, 6.45) is 0. The van der Waals surface area contributed by atoms with Gasteiger partial charge in [-0.1, -0.05) is 48.0 Å². The molecule has 21 heavy (non-hydrogen) atoms. The molecule has 0 saturated heterocycles. The number of carbonyl (C=O) groups excluding carboxylic acids is 1. The van der Waals surface area contributed by atoms with E-state index >= 15 is 0 Å². The lowest BCUT2D eigenvalue weighted by molar-refractivity contribution is -0.141. The van der Waals surface area contributed by atoms with Gasteiger partial charge in [0.2, 0.25) is 0 Å². The molecule has 0 unspecified atom stereocenters. The molecule has 0 atom stereocenters. The van der Waals surface area contributed by atoms with Gasteiger partial charge in [-0.05, 0) is 24.6 Å². The molecule has 110 valence electrons. The SMILES string of the molecule is Cc1ccc(S(=O)(=O)CC(=O)OCc2ccccc2)cc1. The number of sulfone groups is 1. The van der Waals surface area contributed by atoms with E-state index < -0.39 is 21.6 Å². The molecule has 0 aromatic heterocycles. The second-order valence-electron chi connectivity index (χ2n) is 4.72. The van der Waals surface area contributed by atoms with E-state index in [2.05, 4.69) is 0 Å². The van der Waals surface area contributed by atoms with Crippen molar-refractivity contribution >= 4 is 15.8 Å². The van der Waals surface area contributed by atoms with Crippen LogP contribution >= 0.6 is 0 Å². The highest BCUT2D eigenvalue weighted by Gasteiger charge is 2.20. The molecule has 2 aromatic carbocycles. The first-order valence-corrected chi connectivity index (χ1v) is 8.11. The third-order valence-corrected chi connectivity index (χ3v) is 4.54. The molecule has 2 aromatic rings. The maximum atomic E-state index is 12.1. The van der Waals surface area contributed by atoms with Crippen molar-refractivity contribution in [2.24, 2.45) is 0 Å². The third-order valence-electron chi connectivity index (χ3n) is 2.93. The van der Waals surface area contributed by atoms with Crippen molar-refractivity contribution in [1.29, 1.82) is 0 Å². The molecule has 0 aliphatic carbocycles. The molecule has 0 radical (unpaired) electrons. The minimum absolute atomic E-state index is 0.0725. The number of benzene rings is 2. The minimum atomic E-state index is -3.66. The fraction of sp³-hybridized carbons (Fsp3) is 0.188. The predicted molar refractivity (Wildman–Crippen MR) is 79.5 cm³/mol. The van der Waals surface area contributed by atoms with Gasteiger partial charge < -0.3 is 4.74 Å². The van der Waals surface area contributed by atoms with E-state index in [4.69, 9.17) is 4.74 Å². The third kappa shape index (κ3) is 4.43. The van der Waals surface area contributed by atoms with Crippen LogP contribution in [0.2, 0.25) is 0 Å². The predicted octanol–water partition coefficient (Wildman–Crippen LogP) is 2.51. The summed E-state index contributed by atoms with van der Waals surface area (Å²) in [6, 6.07) is 15.5. The molecule has 0 N–H and O–H groups in total. The van der Waals surface area contributed by atoms with Crippen molar-refractivity contribution in [2.45, 2.75) is 18.4 Å². The second kappa shape index (κ2) is 6.54. The lowest BCUT2D eigenvalue weighted by atomic mass is 10.2. The number of aryl methyl sites for hydroxylation is 1. The lowest BCUT2D eigenvalue weighted by Crippen LogP contribution is -2.18. The molecule has 0 saturated carbocycles. The first kappa shape index (κ1) is 15.3. The van der Waals surface area contributed by atoms with Crippen LogP contribution in [0.1, 0.15) is 11.1 Å². The first-order valence-electron chi connectivity index (χ1n) is 6.46. The van der Waals surface area contributed by atoms with Crippen LogP contribution in [0, 0.1) is 6.92 Å². The Morgan fingerprint density at radius 3 is 2.24 bits per heavy atom. The van der Waals surface area contributed by atoms with E-state index in [1.165, 1.54) is 12.1 Å². The van der Waals surface area contributed by atoms with Crippen LogP contribution in [0.15, 0.2) is 59.5 Å². The molecule has 0 fully saturated rings. The highest BCUT2D eigenvalue weighted by atomic mass is 32.2. The van der Waals surface area contributed by atoms with Gasteiger partial charge in [-0.25, -0.2) is 8.42 Å². The van der Waals surface area contributed by atoms with Gasteiger partial charge in [0.05, 0.1) is 4.90 Å². The Balaban J connectivity index is 1.97. The number of carbonyl (C=O) groups is 1. The molecule has 0 spiro atoms. The van der Waals surface area contributed by atoms with Crippen LogP contribution in [-0.2, 0) is 26.0 Å². The normalized spacial score (nSPS) is 11.1. The van der Waals surface area contributed by atoms with Crippen LogP contribution in [0.3, 0.4) is 0 Å². The Hall–Kier alpha value is -2.14. The molecule has 2 rings (SSSR count). The largest absolute Gasteiger partial charge is 0.460 e. The zero-order valence-electron chi connectivity index (χ0n) is 11.7. The van der Waals surface area contributed by atoms with Crippen molar-refractivity contribution < 1.29 is 17.9 Å². The Morgan fingerprint density at radius 1 is 1.00 bits per heavy atom. The van der Waals surface area contributed by atoms with E-state index in [-0.39, 0.29) is 11.5 Å². The standard InChI is InChI=1S/C16H16O4S/c1-13-7-9-15(10-8-13)21(18,19)12-16(17)20-11-14-5-3-2-4-6-14/h2-10H,11-12H2,1H3. The van der Waals surface area contributed by atoms with Gasteiger partial charge in [0.1, 0.15) is 6.61 Å². The van der Waals surface area contributed by atoms with Crippen LogP contribution < -0.4 is 0 Å². The van der Waals surface area contributed by atoms with Crippen molar-refractivity contribution in [3.05, 3.63) is 65.7 Å². The van der Waals surface area contributed by atoms with Crippen molar-refractivity contribution in [3.63, 3.8) is 0 Å². The molecule has 0 bridgehead atoms. The Labute approximate surface area is 124 Å². The second-order valence-corrected chi connectivity index (χ2v) is 6.71. The number of hydrogen-bond acceptors (Lipinski definition) is 4. The zero-order chi connectivity index (χ0) is 15.3. The Morgan fingerprint density at radius 2 is 1.62 bits per heavy atom. The van der Waals surface area contributed by atoms with Gasteiger partial charge in [0, 0.05) is 0 Å². The molecule has 4 nitrogen and oxygen atoms in total. The van der Waals surface area contributed by atoms with Gasteiger partial charge in [-0.15, -0.1) is 0 Å². The molecule has 5 heteroatoms. The molecular weight excluding hydrogens is 288 g/mol. The van der Waals surface area contributed by atoms with Gasteiger partial charge in [-0.2, -0.15) is 0 Å². The topological polar surface area (TPSA) is 60.4 Å². The molecule has 0 aliphatic rings. The highest BCUT2D eigenvalue weighted by molar-refractivity contribution is 7.92. The van der Waals surface area contributed by atoms with E-state index in [9.17, 15) is 13.2 Å². The summed E-state index contributed by atoms with van der Waals surface area (Å²) in [5.41, 5.74) is 1.78. The lowest BCUT2D eigenvalue weighted by Gasteiger charge is -2.06. The average molecular weight is 304 g/mol. The average Bonchev–Trinajstić information content (AvgIpc) is 2.46. The number of ether oxygens (including phenoxy) is 1. The maximum absolute atomic E-state index is 12.1. The summed E-state index contributed by atoms with van der Waals surface area (Å²) in [7, 11) is -3.66. The monoisotopic (exact) mass is 304 g/mol. The zero-order valence-corrected chi connectivity index (χ0v) is 12.5. The molecular formula is C16H16O4S. The van der Waals surface area contributed by atoms with Crippen molar-refractivity contribution in [1.82, 2.24) is 0 Å². The summed E-state index contributed by atoms with van der Waals surface area (Å²) in [6.45, 7) is 1.94. The fourth-order valence-electron chi connectivity index (χ4n) is 1.76. The van der Waals surface area contributed by atoms with Gasteiger partial charge in [0.25, 0.3) is 0 Å². The minimum Gasteiger partial charge on any atom is -0.460 e. The van der Waals surface area contributed by atoms with Crippen molar-refractivity contribution in [2.75, 3.05) is 5.75 Å². The van der Waals surface area contributed by atoms with E-state index in [0.29, 0.717) is 0 Å². The van der Waals surface area contributed by atoms with Crippen LogP contribution in [0.25, 0.3) is 0 Å². The van der Waals surface area contributed by atoms with E-state index in [1.807, 2.05) is 37.3 Å². The summed E-state index contributed by atoms with van der Waals surface area (Å²) in [4.78, 5) is 11.8. The fourth-order valence-corrected chi connectivity index (χ4v) is 2.87. The highest BCUT2D eigenvalue weighted by Crippen LogP contribution is 2.12. The van der Waals surface area contributed by atoms with E-state index in [0.717, 1.165) is 11.1 Å². The summed E-state index contributed by atoms with van der Waals surface area (Å²) < 4.78 is 29.1. The van der Waals surface area contributed by atoms with Gasteiger partial charge in [-0.3, -0.25) is 4.79 Å². The van der Waals surface area contributed by atoms with Gasteiger partial charge in [0.15, 0.2) is 15.6 Å². The first-order chi connectivity index (χ1) is 9.97. The summed E-state index contributed by atoms with van der Waals surface area (Å²) in [5.74, 6) is -1.40. The van der Waals surface area contributed by atoms with E-state index in [1.54, 1.807) is 12.1 Å². The number of hydrogen-bond donors (Lipinski definition) is 0. The summed E-state index contributed by atoms with van der Waals surface area (Å²) >= 11 is 0. The van der Waals surface area contributed by atoms with Crippen LogP contribution in [-0.4, -0.2) is 20.1 Å². The smallest absolute Gasteiger partial charge is 0.321 e. The maximum Gasteiger partial charge on any atom is 0.321 e. The van der Waals surface area contributed by atoms with Crippen molar-refractivity contribution in [3.8, 4) is 0 Å². The molecule has 0 aliphatic heterocycles. The Kier molecular flexibility index (Phi) is 4.75. The van der Waals surface area contributed by atoms with Gasteiger partial charge >= 0.3 is 5.97 Å². The number of esters is 1.